The van der Waals surface area contributed by atoms with E-state index in [1.807, 2.05) is 0 Å². The highest BCUT2D eigenvalue weighted by Gasteiger charge is 2.07. The molecule has 1 aromatic rings. The second kappa shape index (κ2) is 6.04. The van der Waals surface area contributed by atoms with Gasteiger partial charge < -0.3 is 10.2 Å². The number of benzene rings is 1. The lowest BCUT2D eigenvalue weighted by Crippen LogP contribution is -2.31. The van der Waals surface area contributed by atoms with Crippen molar-refractivity contribution in [2.45, 2.75) is 6.42 Å². The predicted octanol–water partition coefficient (Wildman–Crippen LogP) is 2.83. The summed E-state index contributed by atoms with van der Waals surface area (Å²) in [5.74, 6) is 2.49. The van der Waals surface area contributed by atoms with Crippen molar-refractivity contribution in [1.82, 2.24) is 4.90 Å². The van der Waals surface area contributed by atoms with Crippen LogP contribution in [0.25, 0.3) is 0 Å². The minimum atomic E-state index is -0.183. The molecule has 4 heteroatoms. The number of urea groups is 1. The third-order valence-corrected chi connectivity index (χ3v) is 2.29. The normalized spacial score (nSPS) is 9.31. The van der Waals surface area contributed by atoms with Crippen LogP contribution in [-0.4, -0.2) is 24.5 Å². The fraction of sp³-hybridized carbons (Fsp3) is 0.250. The number of nitrogens with one attached hydrogen (secondary N) is 1. The lowest BCUT2D eigenvalue weighted by atomic mass is 10.3. The number of carbonyl (C=O) groups is 1. The first-order chi connectivity index (χ1) is 7.63. The molecule has 84 valence electrons. The standard InChI is InChI=1S/C12H13ClN2O/c1-3-4-9-15(2)12(16)14-11-7-5-10(13)6-8-11/h1,5-8H,4,9H2,2H3,(H,14,16). The van der Waals surface area contributed by atoms with Gasteiger partial charge in [0.2, 0.25) is 0 Å². The van der Waals surface area contributed by atoms with E-state index in [4.69, 9.17) is 18.0 Å². The Kier molecular flexibility index (Phi) is 4.68. The highest BCUT2D eigenvalue weighted by Crippen LogP contribution is 2.13. The van der Waals surface area contributed by atoms with Crippen LogP contribution >= 0.6 is 11.6 Å². The van der Waals surface area contributed by atoms with Crippen LogP contribution in [0.15, 0.2) is 24.3 Å². The Bertz CT molecular complexity index is 394. The number of terminal acetylenes is 1. The van der Waals surface area contributed by atoms with E-state index in [-0.39, 0.29) is 6.03 Å². The maximum atomic E-state index is 11.6. The summed E-state index contributed by atoms with van der Waals surface area (Å²) in [7, 11) is 1.70. The van der Waals surface area contributed by atoms with Gasteiger partial charge in [0.25, 0.3) is 0 Å². The first-order valence-electron chi connectivity index (χ1n) is 4.84. The number of amides is 2. The Hall–Kier alpha value is -1.66. The highest BCUT2D eigenvalue weighted by molar-refractivity contribution is 6.30. The molecule has 0 aliphatic carbocycles. The molecular weight excluding hydrogens is 224 g/mol. The van der Waals surface area contributed by atoms with E-state index >= 15 is 0 Å². The van der Waals surface area contributed by atoms with Gasteiger partial charge in [0.1, 0.15) is 0 Å². The summed E-state index contributed by atoms with van der Waals surface area (Å²) < 4.78 is 0. The lowest BCUT2D eigenvalue weighted by Gasteiger charge is -2.16. The number of halogens is 1. The van der Waals surface area contributed by atoms with Crippen LogP contribution in [0, 0.1) is 12.3 Å². The largest absolute Gasteiger partial charge is 0.327 e. The quantitative estimate of drug-likeness (QED) is 0.805. The van der Waals surface area contributed by atoms with E-state index in [1.165, 1.54) is 4.90 Å². The van der Waals surface area contributed by atoms with Crippen molar-refractivity contribution in [3.63, 3.8) is 0 Å². The summed E-state index contributed by atoms with van der Waals surface area (Å²) >= 11 is 5.73. The molecular formula is C12H13ClN2O. The van der Waals surface area contributed by atoms with Crippen molar-refractivity contribution in [2.75, 3.05) is 18.9 Å². The summed E-state index contributed by atoms with van der Waals surface area (Å²) in [6.45, 7) is 0.538. The molecule has 0 fully saturated rings. The van der Waals surface area contributed by atoms with Gasteiger partial charge in [0.05, 0.1) is 0 Å². The third-order valence-electron chi connectivity index (χ3n) is 2.03. The smallest absolute Gasteiger partial charge is 0.321 e. The predicted molar refractivity (Wildman–Crippen MR) is 66.6 cm³/mol. The van der Waals surface area contributed by atoms with Crippen LogP contribution in [0.3, 0.4) is 0 Å². The van der Waals surface area contributed by atoms with E-state index in [2.05, 4.69) is 11.2 Å². The zero-order valence-electron chi connectivity index (χ0n) is 9.03. The van der Waals surface area contributed by atoms with Gasteiger partial charge in [-0.2, -0.15) is 0 Å². The van der Waals surface area contributed by atoms with Gasteiger partial charge in [0, 0.05) is 30.7 Å². The Morgan fingerprint density at radius 2 is 2.12 bits per heavy atom. The molecule has 1 aromatic carbocycles. The SMILES string of the molecule is C#CCCN(C)C(=O)Nc1ccc(Cl)cc1. The van der Waals surface area contributed by atoms with Gasteiger partial charge in [-0.1, -0.05) is 11.6 Å². The summed E-state index contributed by atoms with van der Waals surface area (Å²) in [4.78, 5) is 13.2. The maximum Gasteiger partial charge on any atom is 0.321 e. The highest BCUT2D eigenvalue weighted by atomic mass is 35.5. The number of nitrogens with zero attached hydrogens (tertiary/aromatic N) is 1. The molecule has 0 bridgehead atoms. The third kappa shape index (κ3) is 3.84. The van der Waals surface area contributed by atoms with Crippen LogP contribution in [0.1, 0.15) is 6.42 Å². The van der Waals surface area contributed by atoms with Crippen molar-refractivity contribution >= 4 is 23.3 Å². The summed E-state index contributed by atoms with van der Waals surface area (Å²) in [6.07, 6.45) is 5.67. The monoisotopic (exact) mass is 236 g/mol. The molecule has 1 N–H and O–H groups in total. The average molecular weight is 237 g/mol. The van der Waals surface area contributed by atoms with E-state index in [1.54, 1.807) is 31.3 Å². The molecule has 0 aromatic heterocycles. The topological polar surface area (TPSA) is 32.3 Å². The molecule has 16 heavy (non-hydrogen) atoms. The van der Waals surface area contributed by atoms with Crippen molar-refractivity contribution in [3.8, 4) is 12.3 Å². The Labute approximate surface area is 100 Å². The van der Waals surface area contributed by atoms with E-state index < -0.39 is 0 Å². The zero-order chi connectivity index (χ0) is 12.0. The van der Waals surface area contributed by atoms with Crippen molar-refractivity contribution in [3.05, 3.63) is 29.3 Å². The molecule has 0 saturated carbocycles. The first kappa shape index (κ1) is 12.4. The van der Waals surface area contributed by atoms with Gasteiger partial charge in [0.15, 0.2) is 0 Å². The molecule has 0 aliphatic heterocycles. The van der Waals surface area contributed by atoms with Crippen LogP contribution < -0.4 is 5.32 Å². The molecule has 0 spiro atoms. The second-order valence-electron chi connectivity index (χ2n) is 3.31. The van der Waals surface area contributed by atoms with Gasteiger partial charge >= 0.3 is 6.03 Å². The van der Waals surface area contributed by atoms with Gasteiger partial charge in [-0.15, -0.1) is 12.3 Å². The molecule has 3 nitrogen and oxygen atoms in total. The Balaban J connectivity index is 2.51. The van der Waals surface area contributed by atoms with Crippen LogP contribution in [0.4, 0.5) is 10.5 Å². The molecule has 0 aliphatic rings. The molecule has 2 amide bonds. The molecule has 0 atom stereocenters. The van der Waals surface area contributed by atoms with Crippen LogP contribution in [-0.2, 0) is 0 Å². The fourth-order valence-corrected chi connectivity index (χ4v) is 1.21. The number of carbonyl (C=O) groups excluding carboxylic acids is 1. The summed E-state index contributed by atoms with van der Waals surface area (Å²) in [5, 5.41) is 3.38. The van der Waals surface area contributed by atoms with E-state index in [9.17, 15) is 4.79 Å². The molecule has 0 radical (unpaired) electrons. The van der Waals surface area contributed by atoms with Crippen molar-refractivity contribution in [2.24, 2.45) is 0 Å². The average Bonchev–Trinajstić information content (AvgIpc) is 2.29. The van der Waals surface area contributed by atoms with Gasteiger partial charge in [-0.05, 0) is 24.3 Å². The van der Waals surface area contributed by atoms with Gasteiger partial charge in [-0.25, -0.2) is 4.79 Å². The number of rotatable bonds is 3. The minimum Gasteiger partial charge on any atom is -0.327 e. The fourth-order valence-electron chi connectivity index (χ4n) is 1.09. The molecule has 1 rings (SSSR count). The Morgan fingerprint density at radius 1 is 1.50 bits per heavy atom. The summed E-state index contributed by atoms with van der Waals surface area (Å²) in [6, 6.07) is 6.75. The number of anilines is 1. The Morgan fingerprint density at radius 3 is 2.69 bits per heavy atom. The number of hydrogen-bond donors (Lipinski definition) is 1. The molecule has 0 heterocycles. The van der Waals surface area contributed by atoms with E-state index in [0.717, 1.165) is 0 Å². The van der Waals surface area contributed by atoms with Crippen molar-refractivity contribution in [1.29, 1.82) is 0 Å². The summed E-state index contributed by atoms with van der Waals surface area (Å²) in [5.41, 5.74) is 0.710. The van der Waals surface area contributed by atoms with E-state index in [0.29, 0.717) is 23.7 Å². The first-order valence-corrected chi connectivity index (χ1v) is 5.22. The van der Waals surface area contributed by atoms with Gasteiger partial charge in [-0.3, -0.25) is 0 Å². The van der Waals surface area contributed by atoms with Crippen molar-refractivity contribution < 1.29 is 4.79 Å². The molecule has 0 unspecified atom stereocenters. The van der Waals surface area contributed by atoms with Crippen LogP contribution in [0.2, 0.25) is 5.02 Å². The maximum absolute atomic E-state index is 11.6. The second-order valence-corrected chi connectivity index (χ2v) is 3.75. The number of hydrogen-bond acceptors (Lipinski definition) is 1. The van der Waals surface area contributed by atoms with Crippen LogP contribution in [0.5, 0.6) is 0 Å². The lowest BCUT2D eigenvalue weighted by molar-refractivity contribution is 0.223. The minimum absolute atomic E-state index is 0.183. The zero-order valence-corrected chi connectivity index (χ0v) is 9.79. The molecule has 0 saturated heterocycles.